The van der Waals surface area contributed by atoms with Crippen LogP contribution in [0.3, 0.4) is 0 Å². The zero-order valence-electron chi connectivity index (χ0n) is 6.04. The first-order chi connectivity index (χ1) is 4.93. The van der Waals surface area contributed by atoms with Gasteiger partial charge < -0.3 is 4.18 Å². The van der Waals surface area contributed by atoms with Gasteiger partial charge in [-0.3, -0.25) is 0 Å². The van der Waals surface area contributed by atoms with Gasteiger partial charge in [-0.15, -0.1) is 0 Å². The van der Waals surface area contributed by atoms with Crippen molar-refractivity contribution in [2.24, 2.45) is 4.40 Å². The lowest BCUT2D eigenvalue weighted by atomic mass is 10.2. The van der Waals surface area contributed by atoms with E-state index in [9.17, 15) is 0 Å². The van der Waals surface area contributed by atoms with Crippen LogP contribution < -0.4 is 0 Å². The molecule has 0 aromatic carbocycles. The Morgan fingerprint density at radius 1 is 1.70 bits per heavy atom. The van der Waals surface area contributed by atoms with Crippen LogP contribution in [0, 0.1) is 0 Å². The van der Waals surface area contributed by atoms with Crippen molar-refractivity contribution in [3.8, 4) is 0 Å². The summed E-state index contributed by atoms with van der Waals surface area (Å²) >= 11 is 1.15. The molecule has 2 nitrogen and oxygen atoms in total. The predicted octanol–water partition coefficient (Wildman–Crippen LogP) is 2.72. The van der Waals surface area contributed by atoms with Gasteiger partial charge in [0, 0.05) is 0 Å². The van der Waals surface area contributed by atoms with Gasteiger partial charge in [0.05, 0.1) is 5.71 Å². The summed E-state index contributed by atoms with van der Waals surface area (Å²) in [6.45, 7) is 2.18. The molecule has 0 saturated heterocycles. The normalized spacial score (nSPS) is 16.3. The summed E-state index contributed by atoms with van der Waals surface area (Å²) in [5.74, 6) is 0. The molecule has 0 radical (unpaired) electrons. The van der Waals surface area contributed by atoms with Gasteiger partial charge in [-0.05, 0) is 18.9 Å². The number of hydrogen-bond donors (Lipinski definition) is 0. The third-order valence-electron chi connectivity index (χ3n) is 1.30. The fourth-order valence-corrected chi connectivity index (χ4v) is 1.11. The van der Waals surface area contributed by atoms with Crippen molar-refractivity contribution >= 4 is 17.9 Å². The molecule has 0 unspecified atom stereocenters. The number of nitrogens with zero attached hydrogens (tertiary/aromatic N) is 1. The van der Waals surface area contributed by atoms with Crippen LogP contribution in [0.4, 0.5) is 0 Å². The molecule has 1 aliphatic rings. The van der Waals surface area contributed by atoms with Crippen molar-refractivity contribution in [3.05, 3.63) is 12.3 Å². The number of rotatable bonds is 3. The van der Waals surface area contributed by atoms with Gasteiger partial charge in [-0.1, -0.05) is 13.3 Å². The van der Waals surface area contributed by atoms with Gasteiger partial charge in [0.25, 0.3) is 0 Å². The summed E-state index contributed by atoms with van der Waals surface area (Å²) in [5.41, 5.74) is 1.14. The predicted molar refractivity (Wildman–Crippen MR) is 44.8 cm³/mol. The molecule has 0 spiro atoms. The Balaban J connectivity index is 2.26. The first-order valence-corrected chi connectivity index (χ1v) is 4.19. The lowest BCUT2D eigenvalue weighted by Crippen LogP contribution is -1.94. The van der Waals surface area contributed by atoms with Gasteiger partial charge in [0.1, 0.15) is 6.26 Å². The van der Waals surface area contributed by atoms with Gasteiger partial charge in [-0.2, -0.15) is 4.40 Å². The van der Waals surface area contributed by atoms with Crippen molar-refractivity contribution in [1.82, 2.24) is 0 Å². The molecule has 1 aliphatic heterocycles. The van der Waals surface area contributed by atoms with Crippen molar-refractivity contribution in [1.29, 1.82) is 0 Å². The fraction of sp³-hybridized carbons (Fsp3) is 0.571. The molecular weight excluding hydrogens is 146 g/mol. The third kappa shape index (κ3) is 2.43. The molecule has 0 amide bonds. The quantitative estimate of drug-likeness (QED) is 0.464. The molecule has 0 saturated carbocycles. The summed E-state index contributed by atoms with van der Waals surface area (Å²) < 4.78 is 8.92. The average Bonchev–Trinajstić information content (AvgIpc) is 2.03. The van der Waals surface area contributed by atoms with Gasteiger partial charge >= 0.3 is 0 Å². The summed E-state index contributed by atoms with van der Waals surface area (Å²) in [6, 6.07) is 0. The monoisotopic (exact) mass is 157 g/mol. The third-order valence-corrected chi connectivity index (χ3v) is 1.81. The molecule has 1 heterocycles. The highest BCUT2D eigenvalue weighted by Gasteiger charge is 1.98. The van der Waals surface area contributed by atoms with E-state index in [4.69, 9.17) is 4.18 Å². The average molecular weight is 157 g/mol. The number of hydrogen-bond acceptors (Lipinski definition) is 3. The minimum Gasteiger partial charge on any atom is -0.412 e. The lowest BCUT2D eigenvalue weighted by Gasteiger charge is -2.02. The van der Waals surface area contributed by atoms with Crippen LogP contribution in [0.25, 0.3) is 0 Å². The molecule has 0 fully saturated rings. The van der Waals surface area contributed by atoms with Crippen LogP contribution in [0.2, 0.25) is 0 Å². The van der Waals surface area contributed by atoms with Crippen LogP contribution in [0.5, 0.6) is 0 Å². The molecule has 0 N–H and O–H groups in total. The Bertz CT molecular complexity index is 154. The van der Waals surface area contributed by atoms with E-state index in [0.717, 1.165) is 24.4 Å². The maximum Gasteiger partial charge on any atom is 0.201 e. The zero-order chi connectivity index (χ0) is 7.23. The molecule has 0 aromatic heterocycles. The minimum absolute atomic E-state index is 1.07. The van der Waals surface area contributed by atoms with Crippen molar-refractivity contribution in [2.75, 3.05) is 0 Å². The van der Waals surface area contributed by atoms with E-state index in [-0.39, 0.29) is 0 Å². The van der Waals surface area contributed by atoms with Gasteiger partial charge in [0.2, 0.25) is 12.2 Å². The standard InChI is InChI=1S/C7H11NOS/c1-2-3-4-7-5-6-9-10-8-7/h5-6H,2-4H2,1H3. The zero-order valence-corrected chi connectivity index (χ0v) is 6.86. The minimum atomic E-state index is 1.07. The van der Waals surface area contributed by atoms with E-state index in [1.54, 1.807) is 6.26 Å². The van der Waals surface area contributed by atoms with E-state index < -0.39 is 0 Å². The van der Waals surface area contributed by atoms with Crippen molar-refractivity contribution in [2.45, 2.75) is 26.2 Å². The molecule has 0 aliphatic carbocycles. The number of unbranched alkanes of at least 4 members (excludes halogenated alkanes) is 1. The smallest absolute Gasteiger partial charge is 0.201 e. The van der Waals surface area contributed by atoms with E-state index in [0.29, 0.717) is 0 Å². The second-order valence-electron chi connectivity index (χ2n) is 2.16. The molecular formula is C7H11NOS. The van der Waals surface area contributed by atoms with Crippen LogP contribution in [0.1, 0.15) is 26.2 Å². The molecule has 56 valence electrons. The highest BCUT2D eigenvalue weighted by Crippen LogP contribution is 2.13. The fourth-order valence-electron chi connectivity index (χ4n) is 0.718. The Kier molecular flexibility index (Phi) is 3.36. The van der Waals surface area contributed by atoms with Gasteiger partial charge in [-0.25, -0.2) is 0 Å². The van der Waals surface area contributed by atoms with Crippen LogP contribution >= 0.6 is 12.2 Å². The lowest BCUT2D eigenvalue weighted by molar-refractivity contribution is 0.564. The van der Waals surface area contributed by atoms with Crippen molar-refractivity contribution in [3.63, 3.8) is 0 Å². The highest BCUT2D eigenvalue weighted by atomic mass is 32.2. The Labute approximate surface area is 65.7 Å². The van der Waals surface area contributed by atoms with E-state index in [1.807, 2.05) is 6.08 Å². The Morgan fingerprint density at radius 3 is 3.20 bits per heavy atom. The van der Waals surface area contributed by atoms with Gasteiger partial charge in [0.15, 0.2) is 0 Å². The maximum atomic E-state index is 4.83. The summed E-state index contributed by atoms with van der Waals surface area (Å²) in [7, 11) is 0. The first kappa shape index (κ1) is 7.66. The summed E-state index contributed by atoms with van der Waals surface area (Å²) in [6.07, 6.45) is 7.11. The largest absolute Gasteiger partial charge is 0.412 e. The van der Waals surface area contributed by atoms with Crippen LogP contribution in [0.15, 0.2) is 16.7 Å². The molecule has 0 aromatic rings. The number of allylic oxidation sites excluding steroid dienone is 1. The second-order valence-corrected chi connectivity index (χ2v) is 2.68. The van der Waals surface area contributed by atoms with E-state index >= 15 is 0 Å². The maximum absolute atomic E-state index is 4.83. The molecule has 1 rings (SSSR count). The molecule has 3 heteroatoms. The molecule has 10 heavy (non-hydrogen) atoms. The van der Waals surface area contributed by atoms with Crippen LogP contribution in [-0.2, 0) is 4.18 Å². The Hall–Kier alpha value is -0.440. The SMILES string of the molecule is CCCCC1=NSOC=C1. The van der Waals surface area contributed by atoms with E-state index in [2.05, 4.69) is 11.3 Å². The molecule has 0 atom stereocenters. The summed E-state index contributed by atoms with van der Waals surface area (Å²) in [5, 5.41) is 0. The highest BCUT2D eigenvalue weighted by molar-refractivity contribution is 7.93. The van der Waals surface area contributed by atoms with E-state index in [1.165, 1.54) is 12.8 Å². The molecule has 0 bridgehead atoms. The Morgan fingerprint density at radius 2 is 2.60 bits per heavy atom. The van der Waals surface area contributed by atoms with Crippen molar-refractivity contribution < 1.29 is 4.18 Å². The second kappa shape index (κ2) is 4.39. The summed E-state index contributed by atoms with van der Waals surface area (Å²) in [4.78, 5) is 0. The topological polar surface area (TPSA) is 21.6 Å². The van der Waals surface area contributed by atoms with Crippen LogP contribution in [-0.4, -0.2) is 5.71 Å². The first-order valence-electron chi connectivity index (χ1n) is 3.49.